The van der Waals surface area contributed by atoms with Crippen LogP contribution in [0.4, 0.5) is 0 Å². The van der Waals surface area contributed by atoms with Crippen molar-refractivity contribution in [3.63, 3.8) is 0 Å². The van der Waals surface area contributed by atoms with Gasteiger partial charge in [0, 0.05) is 18.7 Å². The Hall–Kier alpha value is -1.57. The number of carbonyl (C=O) groups is 1. The molecule has 0 fully saturated rings. The molecule has 1 aromatic rings. The summed E-state index contributed by atoms with van der Waals surface area (Å²) in [6, 6.07) is 5.98. The Labute approximate surface area is 110 Å². The molecule has 2 nitrogen and oxygen atoms in total. The number of benzene rings is 1. The summed E-state index contributed by atoms with van der Waals surface area (Å²) < 4.78 is 0. The topological polar surface area (TPSA) is 20.3 Å². The van der Waals surface area contributed by atoms with E-state index in [1.54, 1.807) is 6.08 Å². The first-order valence-electron chi connectivity index (χ1n) is 6.42. The average molecular weight is 245 g/mol. The number of rotatable bonds is 5. The summed E-state index contributed by atoms with van der Waals surface area (Å²) in [5.41, 5.74) is 3.03. The van der Waals surface area contributed by atoms with E-state index in [2.05, 4.69) is 26.5 Å². The molecule has 0 aliphatic carbocycles. The van der Waals surface area contributed by atoms with Gasteiger partial charge in [0.2, 0.25) is 0 Å². The molecule has 18 heavy (non-hydrogen) atoms. The van der Waals surface area contributed by atoms with E-state index in [9.17, 15) is 4.79 Å². The Morgan fingerprint density at radius 3 is 2.28 bits per heavy atom. The van der Waals surface area contributed by atoms with Gasteiger partial charge < -0.3 is 4.90 Å². The Morgan fingerprint density at radius 2 is 1.83 bits per heavy atom. The standard InChI is InChI=1S/C16H23NO/c1-6-7-17(11-12(2)3)16(18)15-9-13(4)8-14(5)10-15/h6,8-10,12H,1,7,11H2,2-5H3. The lowest BCUT2D eigenvalue weighted by Crippen LogP contribution is -2.34. The van der Waals surface area contributed by atoms with Gasteiger partial charge in [-0.2, -0.15) is 0 Å². The van der Waals surface area contributed by atoms with Gasteiger partial charge in [-0.1, -0.05) is 37.1 Å². The maximum atomic E-state index is 12.5. The van der Waals surface area contributed by atoms with E-state index < -0.39 is 0 Å². The number of carbonyl (C=O) groups excluding carboxylic acids is 1. The van der Waals surface area contributed by atoms with Crippen molar-refractivity contribution in [1.29, 1.82) is 0 Å². The zero-order valence-corrected chi connectivity index (χ0v) is 11.9. The van der Waals surface area contributed by atoms with Crippen LogP contribution < -0.4 is 0 Å². The molecular weight excluding hydrogens is 222 g/mol. The van der Waals surface area contributed by atoms with E-state index in [1.807, 2.05) is 30.9 Å². The SMILES string of the molecule is C=CCN(CC(C)C)C(=O)c1cc(C)cc(C)c1. The summed E-state index contributed by atoms with van der Waals surface area (Å²) in [4.78, 5) is 14.3. The Balaban J connectivity index is 2.97. The molecule has 0 bridgehead atoms. The molecule has 0 spiro atoms. The van der Waals surface area contributed by atoms with Crippen molar-refractivity contribution in [3.8, 4) is 0 Å². The van der Waals surface area contributed by atoms with Gasteiger partial charge in [0.25, 0.3) is 5.91 Å². The summed E-state index contributed by atoms with van der Waals surface area (Å²) in [6.07, 6.45) is 1.78. The van der Waals surface area contributed by atoms with E-state index in [0.29, 0.717) is 12.5 Å². The second-order valence-electron chi connectivity index (χ2n) is 5.27. The highest BCUT2D eigenvalue weighted by molar-refractivity contribution is 5.94. The van der Waals surface area contributed by atoms with Gasteiger partial charge in [-0.15, -0.1) is 6.58 Å². The third-order valence-electron chi connectivity index (χ3n) is 2.69. The number of nitrogens with zero attached hydrogens (tertiary/aromatic N) is 1. The molecule has 0 radical (unpaired) electrons. The Bertz CT molecular complexity index is 414. The van der Waals surface area contributed by atoms with Crippen molar-refractivity contribution >= 4 is 5.91 Å². The van der Waals surface area contributed by atoms with Gasteiger partial charge in [-0.3, -0.25) is 4.79 Å². The number of amides is 1. The molecule has 0 atom stereocenters. The van der Waals surface area contributed by atoms with E-state index in [0.717, 1.165) is 23.2 Å². The first-order valence-corrected chi connectivity index (χ1v) is 6.42. The lowest BCUT2D eigenvalue weighted by molar-refractivity contribution is 0.0756. The predicted molar refractivity (Wildman–Crippen MR) is 76.9 cm³/mol. The highest BCUT2D eigenvalue weighted by Crippen LogP contribution is 2.12. The first kappa shape index (κ1) is 14.5. The first-order chi connectivity index (χ1) is 8.43. The summed E-state index contributed by atoms with van der Waals surface area (Å²) in [5, 5.41) is 0. The minimum absolute atomic E-state index is 0.0930. The van der Waals surface area contributed by atoms with Crippen LogP contribution in [0.15, 0.2) is 30.9 Å². The van der Waals surface area contributed by atoms with Crippen molar-refractivity contribution < 1.29 is 4.79 Å². The van der Waals surface area contributed by atoms with Crippen LogP contribution in [-0.2, 0) is 0 Å². The zero-order valence-electron chi connectivity index (χ0n) is 11.9. The predicted octanol–water partition coefficient (Wildman–Crippen LogP) is 3.59. The van der Waals surface area contributed by atoms with E-state index >= 15 is 0 Å². The van der Waals surface area contributed by atoms with Gasteiger partial charge in [0.05, 0.1) is 0 Å². The molecule has 1 amide bonds. The summed E-state index contributed by atoms with van der Waals surface area (Å²) in [7, 11) is 0. The second kappa shape index (κ2) is 6.39. The lowest BCUT2D eigenvalue weighted by Gasteiger charge is -2.23. The van der Waals surface area contributed by atoms with Crippen LogP contribution >= 0.6 is 0 Å². The number of hydrogen-bond donors (Lipinski definition) is 0. The van der Waals surface area contributed by atoms with Gasteiger partial charge in [0.1, 0.15) is 0 Å². The maximum Gasteiger partial charge on any atom is 0.254 e. The van der Waals surface area contributed by atoms with Gasteiger partial charge >= 0.3 is 0 Å². The molecule has 0 unspecified atom stereocenters. The van der Waals surface area contributed by atoms with Gasteiger partial charge in [-0.25, -0.2) is 0 Å². The molecule has 0 N–H and O–H groups in total. The van der Waals surface area contributed by atoms with Crippen molar-refractivity contribution in [2.24, 2.45) is 5.92 Å². The van der Waals surface area contributed by atoms with Crippen LogP contribution in [0.25, 0.3) is 0 Å². The summed E-state index contributed by atoms with van der Waals surface area (Å²) in [5.74, 6) is 0.551. The monoisotopic (exact) mass is 245 g/mol. The number of aryl methyl sites for hydroxylation is 2. The molecule has 0 aliphatic heterocycles. The minimum Gasteiger partial charge on any atom is -0.335 e. The fourth-order valence-corrected chi connectivity index (χ4v) is 2.12. The highest BCUT2D eigenvalue weighted by atomic mass is 16.2. The third kappa shape index (κ3) is 4.02. The van der Waals surface area contributed by atoms with Crippen LogP contribution in [0.2, 0.25) is 0 Å². The molecule has 98 valence electrons. The van der Waals surface area contributed by atoms with Crippen LogP contribution in [0.1, 0.15) is 35.3 Å². The molecular formula is C16H23NO. The van der Waals surface area contributed by atoms with Crippen LogP contribution in [0, 0.1) is 19.8 Å². The zero-order chi connectivity index (χ0) is 13.7. The largest absolute Gasteiger partial charge is 0.335 e. The van der Waals surface area contributed by atoms with Crippen molar-refractivity contribution in [2.75, 3.05) is 13.1 Å². The molecule has 1 aromatic carbocycles. The van der Waals surface area contributed by atoms with Gasteiger partial charge in [-0.05, 0) is 31.9 Å². The molecule has 1 rings (SSSR count). The van der Waals surface area contributed by atoms with E-state index in [1.165, 1.54) is 0 Å². The Morgan fingerprint density at radius 1 is 1.28 bits per heavy atom. The summed E-state index contributed by atoms with van der Waals surface area (Å²) in [6.45, 7) is 13.4. The fraction of sp³-hybridized carbons (Fsp3) is 0.438. The summed E-state index contributed by atoms with van der Waals surface area (Å²) >= 11 is 0. The van der Waals surface area contributed by atoms with Crippen molar-refractivity contribution in [2.45, 2.75) is 27.7 Å². The minimum atomic E-state index is 0.0930. The highest BCUT2D eigenvalue weighted by Gasteiger charge is 2.16. The molecule has 0 saturated heterocycles. The normalized spacial score (nSPS) is 10.5. The van der Waals surface area contributed by atoms with Crippen molar-refractivity contribution in [3.05, 3.63) is 47.5 Å². The quantitative estimate of drug-likeness (QED) is 0.726. The average Bonchev–Trinajstić information content (AvgIpc) is 2.25. The van der Waals surface area contributed by atoms with Crippen LogP contribution in [-0.4, -0.2) is 23.9 Å². The van der Waals surface area contributed by atoms with Gasteiger partial charge in [0.15, 0.2) is 0 Å². The molecule has 0 saturated carbocycles. The van der Waals surface area contributed by atoms with E-state index in [4.69, 9.17) is 0 Å². The third-order valence-corrected chi connectivity index (χ3v) is 2.69. The molecule has 2 heteroatoms. The molecule has 0 aromatic heterocycles. The Kier molecular flexibility index (Phi) is 5.14. The van der Waals surface area contributed by atoms with Crippen molar-refractivity contribution in [1.82, 2.24) is 4.90 Å². The molecule has 0 heterocycles. The number of hydrogen-bond acceptors (Lipinski definition) is 1. The smallest absolute Gasteiger partial charge is 0.254 e. The van der Waals surface area contributed by atoms with Crippen LogP contribution in [0.5, 0.6) is 0 Å². The maximum absolute atomic E-state index is 12.5. The fourth-order valence-electron chi connectivity index (χ4n) is 2.12. The van der Waals surface area contributed by atoms with Crippen LogP contribution in [0.3, 0.4) is 0 Å². The molecule has 0 aliphatic rings. The second-order valence-corrected chi connectivity index (χ2v) is 5.27. The van der Waals surface area contributed by atoms with E-state index in [-0.39, 0.29) is 5.91 Å². The lowest BCUT2D eigenvalue weighted by atomic mass is 10.1.